The number of anilines is 2. The summed E-state index contributed by atoms with van der Waals surface area (Å²) in [6, 6.07) is 76.6. The predicted octanol–water partition coefficient (Wildman–Crippen LogP) is 12.8. The average Bonchev–Trinajstić information content (AvgIpc) is 3.54. The summed E-state index contributed by atoms with van der Waals surface area (Å²) < 4.78 is 0. The molecule has 2 unspecified atom stereocenters. The molecule has 0 bridgehead atoms. The molecule has 0 aromatic heterocycles. The van der Waals surface area contributed by atoms with Crippen LogP contribution >= 0.6 is 0 Å². The fraction of sp³-hybridized carbons (Fsp3) is 0.0385. The Hall–Kier alpha value is -6.70. The maximum absolute atomic E-state index is 3.92. The van der Waals surface area contributed by atoms with Crippen LogP contribution in [0.25, 0.3) is 32.7 Å². The van der Waals surface area contributed by atoms with Crippen LogP contribution in [0.3, 0.4) is 0 Å². The van der Waals surface area contributed by atoms with Crippen LogP contribution in [0.15, 0.2) is 206 Å². The maximum atomic E-state index is 3.92. The first-order valence-corrected chi connectivity index (χ1v) is 18.5. The molecule has 0 aliphatic heterocycles. The molecule has 0 saturated carbocycles. The van der Waals surface area contributed by atoms with Gasteiger partial charge in [0.1, 0.15) is 0 Å². The van der Waals surface area contributed by atoms with Crippen LogP contribution in [0.1, 0.15) is 44.5 Å². The van der Waals surface area contributed by atoms with Gasteiger partial charge in [0.25, 0.3) is 0 Å². The van der Waals surface area contributed by atoms with E-state index in [1.54, 1.807) is 0 Å². The molecule has 2 aliphatic carbocycles. The van der Waals surface area contributed by atoms with Crippen LogP contribution in [0, 0.1) is 0 Å². The molecule has 11 rings (SSSR count). The Bertz CT molecular complexity index is 2870. The quantitative estimate of drug-likeness (QED) is 0.179. The van der Waals surface area contributed by atoms with Crippen molar-refractivity contribution in [1.82, 2.24) is 0 Å². The molecule has 0 amide bonds. The maximum Gasteiger partial charge on any atom is 0.0720 e. The zero-order valence-electron chi connectivity index (χ0n) is 29.1. The highest BCUT2D eigenvalue weighted by molar-refractivity contribution is 6.13. The van der Waals surface area contributed by atoms with Crippen LogP contribution in [-0.2, 0) is 10.8 Å². The van der Waals surface area contributed by atoms with E-state index in [9.17, 15) is 0 Å². The number of hydrogen-bond donors (Lipinski definition) is 1. The van der Waals surface area contributed by atoms with Gasteiger partial charge in [0.15, 0.2) is 0 Å². The van der Waals surface area contributed by atoms with Crippen molar-refractivity contribution in [3.8, 4) is 11.1 Å². The van der Waals surface area contributed by atoms with E-state index in [-0.39, 0.29) is 0 Å². The fourth-order valence-electron chi connectivity index (χ4n) is 10.00. The summed E-state index contributed by atoms with van der Waals surface area (Å²) in [5, 5.41) is 8.87. The standard InChI is InChI=1S/C52H35N/c1-3-18-36(19-4-1)51(38-22-15-23-39(34-38)53-49-33-35-17-7-8-24-40(35)41-25-9-10-27-43(41)49)46-30-13-14-31-47(46)52(37-20-5-2-6-21-37)45-29-12-11-26-42(45)44-28-16-32-48(51)50(44)52/h1-34,53H. The summed E-state index contributed by atoms with van der Waals surface area (Å²) in [6.45, 7) is 0. The normalized spacial score (nSPS) is 18.0. The van der Waals surface area contributed by atoms with Crippen LogP contribution < -0.4 is 5.32 Å². The third-order valence-corrected chi connectivity index (χ3v) is 12.0. The minimum absolute atomic E-state index is 0.460. The van der Waals surface area contributed by atoms with Crippen molar-refractivity contribution < 1.29 is 0 Å². The van der Waals surface area contributed by atoms with E-state index < -0.39 is 10.8 Å². The fourth-order valence-corrected chi connectivity index (χ4v) is 10.00. The van der Waals surface area contributed by atoms with Crippen molar-refractivity contribution in [2.24, 2.45) is 0 Å². The Morgan fingerprint density at radius 3 is 1.62 bits per heavy atom. The Morgan fingerprint density at radius 1 is 0.321 bits per heavy atom. The summed E-state index contributed by atoms with van der Waals surface area (Å²) in [5.41, 5.74) is 14.2. The molecule has 1 N–H and O–H groups in total. The van der Waals surface area contributed by atoms with Gasteiger partial charge < -0.3 is 5.32 Å². The van der Waals surface area contributed by atoms with Crippen molar-refractivity contribution in [2.45, 2.75) is 10.8 Å². The third-order valence-electron chi connectivity index (χ3n) is 12.0. The van der Waals surface area contributed by atoms with Crippen molar-refractivity contribution in [3.05, 3.63) is 251 Å². The molecule has 0 saturated heterocycles. The summed E-state index contributed by atoms with van der Waals surface area (Å²) >= 11 is 0. The van der Waals surface area contributed by atoms with Gasteiger partial charge in [0.2, 0.25) is 0 Å². The molecule has 248 valence electrons. The molecular weight excluding hydrogens is 639 g/mol. The van der Waals surface area contributed by atoms with Crippen LogP contribution in [0.4, 0.5) is 11.4 Å². The van der Waals surface area contributed by atoms with Gasteiger partial charge in [0.05, 0.1) is 10.8 Å². The summed E-state index contributed by atoms with van der Waals surface area (Å²) in [6.07, 6.45) is 0. The number of hydrogen-bond acceptors (Lipinski definition) is 1. The van der Waals surface area contributed by atoms with Crippen LogP contribution in [0.5, 0.6) is 0 Å². The SMILES string of the molecule is c1ccc(C2(c3cccc(Nc4cc5ccccc5c5ccccc45)c3)c3ccccc3C3(c4ccccc4)c4ccccc4-c4cccc2c43)cc1. The highest BCUT2D eigenvalue weighted by Gasteiger charge is 2.57. The number of rotatable bonds is 5. The smallest absolute Gasteiger partial charge is 0.0720 e. The van der Waals surface area contributed by atoms with Gasteiger partial charge >= 0.3 is 0 Å². The molecule has 9 aromatic rings. The Morgan fingerprint density at radius 2 is 0.849 bits per heavy atom. The van der Waals surface area contributed by atoms with Crippen LogP contribution in [-0.4, -0.2) is 0 Å². The van der Waals surface area contributed by atoms with Gasteiger partial charge in [-0.15, -0.1) is 0 Å². The molecule has 0 heterocycles. The minimum Gasteiger partial charge on any atom is -0.355 e. The lowest BCUT2D eigenvalue weighted by atomic mass is 9.52. The van der Waals surface area contributed by atoms with Crippen molar-refractivity contribution in [2.75, 3.05) is 5.32 Å². The molecule has 1 heteroatoms. The lowest BCUT2D eigenvalue weighted by molar-refractivity contribution is 0.627. The molecule has 0 radical (unpaired) electrons. The van der Waals surface area contributed by atoms with E-state index in [1.807, 2.05) is 0 Å². The average molecular weight is 674 g/mol. The van der Waals surface area contributed by atoms with Crippen molar-refractivity contribution in [1.29, 1.82) is 0 Å². The predicted molar refractivity (Wildman–Crippen MR) is 220 cm³/mol. The number of benzene rings is 9. The highest BCUT2D eigenvalue weighted by atomic mass is 14.9. The molecule has 9 aromatic carbocycles. The Balaban J connectivity index is 1.22. The van der Waals surface area contributed by atoms with Gasteiger partial charge in [-0.3, -0.25) is 0 Å². The summed E-state index contributed by atoms with van der Waals surface area (Å²) in [4.78, 5) is 0. The molecular formula is C52H35N. The molecule has 2 aliphatic rings. The first-order valence-electron chi connectivity index (χ1n) is 18.5. The molecule has 53 heavy (non-hydrogen) atoms. The second-order valence-corrected chi connectivity index (χ2v) is 14.4. The Kier molecular flexibility index (Phi) is 6.45. The van der Waals surface area contributed by atoms with Gasteiger partial charge in [0, 0.05) is 16.8 Å². The zero-order chi connectivity index (χ0) is 35.0. The molecule has 2 atom stereocenters. The van der Waals surface area contributed by atoms with Gasteiger partial charge in [-0.2, -0.15) is 0 Å². The monoisotopic (exact) mass is 673 g/mol. The molecule has 0 spiro atoms. The zero-order valence-corrected chi connectivity index (χ0v) is 29.1. The van der Waals surface area contributed by atoms with Gasteiger partial charge in [-0.1, -0.05) is 188 Å². The summed E-state index contributed by atoms with van der Waals surface area (Å²) in [7, 11) is 0. The minimum atomic E-state index is -0.591. The molecule has 0 fully saturated rings. The largest absolute Gasteiger partial charge is 0.355 e. The first-order chi connectivity index (χ1) is 26.3. The lowest BCUT2D eigenvalue weighted by Crippen LogP contribution is -2.44. The second-order valence-electron chi connectivity index (χ2n) is 14.4. The van der Waals surface area contributed by atoms with E-state index in [0.717, 1.165) is 11.4 Å². The number of fused-ring (bicyclic) bond motifs is 8. The van der Waals surface area contributed by atoms with E-state index in [1.165, 1.54) is 77.2 Å². The Labute approximate surface area is 309 Å². The van der Waals surface area contributed by atoms with E-state index in [0.29, 0.717) is 0 Å². The van der Waals surface area contributed by atoms with Gasteiger partial charge in [-0.25, -0.2) is 0 Å². The highest BCUT2D eigenvalue weighted by Crippen LogP contribution is 2.65. The summed E-state index contributed by atoms with van der Waals surface area (Å²) in [5.74, 6) is 0. The van der Waals surface area contributed by atoms with E-state index in [4.69, 9.17) is 0 Å². The topological polar surface area (TPSA) is 12.0 Å². The van der Waals surface area contributed by atoms with Crippen molar-refractivity contribution in [3.63, 3.8) is 0 Å². The lowest BCUT2D eigenvalue weighted by Gasteiger charge is -2.49. The second kappa shape index (κ2) is 11.4. The van der Waals surface area contributed by atoms with E-state index in [2.05, 4.69) is 212 Å². The number of nitrogens with one attached hydrogen (secondary N) is 1. The van der Waals surface area contributed by atoms with Crippen LogP contribution in [0.2, 0.25) is 0 Å². The van der Waals surface area contributed by atoms with Gasteiger partial charge in [-0.05, 0) is 90.0 Å². The first kappa shape index (κ1) is 30.0. The van der Waals surface area contributed by atoms with Crippen molar-refractivity contribution >= 4 is 32.9 Å². The third kappa shape index (κ3) is 4.02. The van der Waals surface area contributed by atoms with E-state index >= 15 is 0 Å². The molecule has 1 nitrogen and oxygen atoms in total.